The lowest BCUT2D eigenvalue weighted by molar-refractivity contribution is 0.331. The molecule has 0 bridgehead atoms. The zero-order valence-corrected chi connectivity index (χ0v) is 10.5. The van der Waals surface area contributed by atoms with Crippen LogP contribution in [0.3, 0.4) is 0 Å². The van der Waals surface area contributed by atoms with E-state index in [1.165, 1.54) is 12.8 Å². The molecule has 0 atom stereocenters. The molecular weight excluding hydrogens is 252 g/mol. The van der Waals surface area contributed by atoms with Crippen molar-refractivity contribution in [1.82, 2.24) is 10.3 Å². The SMILES string of the molecule is Clc1ccccc1Oc1nc(CNC2CC2)co1. The Morgan fingerprint density at radius 2 is 2.22 bits per heavy atom. The Bertz CT molecular complexity index is 537. The van der Waals surface area contributed by atoms with Gasteiger partial charge < -0.3 is 14.5 Å². The third-order valence-electron chi connectivity index (χ3n) is 2.71. The van der Waals surface area contributed by atoms with Crippen LogP contribution < -0.4 is 10.1 Å². The van der Waals surface area contributed by atoms with Crippen LogP contribution in [0.15, 0.2) is 34.9 Å². The van der Waals surface area contributed by atoms with E-state index in [1.807, 2.05) is 12.1 Å². The molecule has 0 aliphatic heterocycles. The Morgan fingerprint density at radius 3 is 3.00 bits per heavy atom. The van der Waals surface area contributed by atoms with Gasteiger partial charge >= 0.3 is 6.08 Å². The molecule has 3 rings (SSSR count). The van der Waals surface area contributed by atoms with Crippen LogP contribution in [0.2, 0.25) is 5.02 Å². The highest BCUT2D eigenvalue weighted by Crippen LogP contribution is 2.28. The molecule has 0 amide bonds. The van der Waals surface area contributed by atoms with Crippen LogP contribution in [0.5, 0.6) is 11.8 Å². The van der Waals surface area contributed by atoms with Crippen LogP contribution in [0.25, 0.3) is 0 Å². The van der Waals surface area contributed by atoms with Gasteiger partial charge in [-0.05, 0) is 25.0 Å². The molecule has 1 aromatic carbocycles. The zero-order valence-electron chi connectivity index (χ0n) is 9.73. The number of ether oxygens (including phenoxy) is 1. The van der Waals surface area contributed by atoms with Gasteiger partial charge in [-0.1, -0.05) is 23.7 Å². The first-order valence-electron chi connectivity index (χ1n) is 5.91. The number of nitrogens with zero attached hydrogens (tertiary/aromatic N) is 1. The number of para-hydroxylation sites is 1. The molecule has 1 aromatic heterocycles. The summed E-state index contributed by atoms with van der Waals surface area (Å²) in [7, 11) is 0. The summed E-state index contributed by atoms with van der Waals surface area (Å²) in [6, 6.07) is 7.87. The van der Waals surface area contributed by atoms with Gasteiger partial charge in [-0.25, -0.2) is 0 Å². The molecule has 0 saturated heterocycles. The van der Waals surface area contributed by atoms with E-state index in [2.05, 4.69) is 10.3 Å². The number of aromatic nitrogens is 1. The van der Waals surface area contributed by atoms with Crippen molar-refractivity contribution >= 4 is 11.6 Å². The summed E-state index contributed by atoms with van der Waals surface area (Å²) in [5.74, 6) is 0.544. The largest absolute Gasteiger partial charge is 0.417 e. The molecule has 18 heavy (non-hydrogen) atoms. The monoisotopic (exact) mass is 264 g/mol. The second kappa shape index (κ2) is 5.00. The van der Waals surface area contributed by atoms with E-state index < -0.39 is 0 Å². The number of halogens is 1. The Morgan fingerprint density at radius 1 is 1.39 bits per heavy atom. The number of hydrogen-bond acceptors (Lipinski definition) is 4. The maximum absolute atomic E-state index is 5.99. The normalized spacial score (nSPS) is 14.7. The van der Waals surface area contributed by atoms with Gasteiger partial charge in [-0.3, -0.25) is 0 Å². The minimum absolute atomic E-state index is 0.218. The molecule has 1 heterocycles. The predicted molar refractivity (Wildman–Crippen MR) is 67.9 cm³/mol. The van der Waals surface area contributed by atoms with Crippen molar-refractivity contribution in [3.8, 4) is 11.8 Å². The van der Waals surface area contributed by atoms with Crippen molar-refractivity contribution in [1.29, 1.82) is 0 Å². The quantitative estimate of drug-likeness (QED) is 0.899. The van der Waals surface area contributed by atoms with Gasteiger partial charge in [0.25, 0.3) is 0 Å². The average molecular weight is 265 g/mol. The van der Waals surface area contributed by atoms with E-state index in [-0.39, 0.29) is 6.08 Å². The maximum Gasteiger partial charge on any atom is 0.399 e. The molecule has 0 radical (unpaired) electrons. The van der Waals surface area contributed by atoms with Crippen LogP contribution in [0.1, 0.15) is 18.5 Å². The second-order valence-corrected chi connectivity index (χ2v) is 4.70. The second-order valence-electron chi connectivity index (χ2n) is 4.29. The van der Waals surface area contributed by atoms with Gasteiger partial charge in [0, 0.05) is 12.6 Å². The lowest BCUT2D eigenvalue weighted by Gasteiger charge is -2.01. The van der Waals surface area contributed by atoms with E-state index in [0.29, 0.717) is 23.4 Å². The molecule has 1 N–H and O–H groups in total. The van der Waals surface area contributed by atoms with Crippen molar-refractivity contribution in [2.45, 2.75) is 25.4 Å². The molecular formula is C13H13ClN2O2. The number of oxazole rings is 1. The van der Waals surface area contributed by atoms with E-state index in [9.17, 15) is 0 Å². The van der Waals surface area contributed by atoms with E-state index in [0.717, 1.165) is 5.69 Å². The smallest absolute Gasteiger partial charge is 0.399 e. The fourth-order valence-electron chi connectivity index (χ4n) is 1.57. The molecule has 5 heteroatoms. The Hall–Kier alpha value is -1.52. The van der Waals surface area contributed by atoms with Gasteiger partial charge in [0.1, 0.15) is 6.26 Å². The van der Waals surface area contributed by atoms with Gasteiger partial charge in [-0.15, -0.1) is 0 Å². The van der Waals surface area contributed by atoms with Gasteiger partial charge in [0.05, 0.1) is 10.7 Å². The number of hydrogen-bond donors (Lipinski definition) is 1. The van der Waals surface area contributed by atoms with Crippen molar-refractivity contribution in [2.75, 3.05) is 0 Å². The van der Waals surface area contributed by atoms with Crippen molar-refractivity contribution in [3.63, 3.8) is 0 Å². The highest BCUT2D eigenvalue weighted by atomic mass is 35.5. The molecule has 1 aliphatic rings. The summed E-state index contributed by atoms with van der Waals surface area (Å²) in [4.78, 5) is 4.24. The Kier molecular flexibility index (Phi) is 3.21. The van der Waals surface area contributed by atoms with Crippen LogP contribution in [-0.4, -0.2) is 11.0 Å². The predicted octanol–water partition coefficient (Wildman–Crippen LogP) is 3.37. The number of nitrogens with one attached hydrogen (secondary N) is 1. The third kappa shape index (κ3) is 2.83. The summed E-state index contributed by atoms with van der Waals surface area (Å²) in [6.45, 7) is 0.708. The highest BCUT2D eigenvalue weighted by molar-refractivity contribution is 6.32. The first-order chi connectivity index (χ1) is 8.81. The maximum atomic E-state index is 5.99. The van der Waals surface area contributed by atoms with Crippen molar-refractivity contribution in [2.24, 2.45) is 0 Å². The Labute approximate surface area is 110 Å². The van der Waals surface area contributed by atoms with Crippen LogP contribution >= 0.6 is 11.6 Å². The zero-order chi connectivity index (χ0) is 12.4. The topological polar surface area (TPSA) is 47.3 Å². The first-order valence-corrected chi connectivity index (χ1v) is 6.29. The average Bonchev–Trinajstić information content (AvgIpc) is 3.10. The van der Waals surface area contributed by atoms with E-state index in [1.54, 1.807) is 18.4 Å². The molecule has 0 unspecified atom stereocenters. The minimum Gasteiger partial charge on any atom is -0.417 e. The lowest BCUT2D eigenvalue weighted by atomic mass is 10.3. The Balaban J connectivity index is 1.63. The molecule has 4 nitrogen and oxygen atoms in total. The van der Waals surface area contributed by atoms with Crippen LogP contribution in [0, 0.1) is 0 Å². The van der Waals surface area contributed by atoms with Gasteiger partial charge in [0.15, 0.2) is 5.75 Å². The van der Waals surface area contributed by atoms with Crippen molar-refractivity contribution in [3.05, 3.63) is 41.2 Å². The van der Waals surface area contributed by atoms with Crippen molar-refractivity contribution < 1.29 is 9.15 Å². The first kappa shape index (κ1) is 11.6. The van der Waals surface area contributed by atoms with E-state index >= 15 is 0 Å². The molecule has 1 aliphatic carbocycles. The number of rotatable bonds is 5. The van der Waals surface area contributed by atoms with Gasteiger partial charge in [-0.2, -0.15) is 4.98 Å². The summed E-state index contributed by atoms with van der Waals surface area (Å²) in [5.41, 5.74) is 0.837. The fourth-order valence-corrected chi connectivity index (χ4v) is 1.75. The highest BCUT2D eigenvalue weighted by Gasteiger charge is 2.20. The van der Waals surface area contributed by atoms with E-state index in [4.69, 9.17) is 20.8 Å². The molecule has 1 saturated carbocycles. The lowest BCUT2D eigenvalue weighted by Crippen LogP contribution is -2.15. The molecule has 1 fully saturated rings. The van der Waals surface area contributed by atoms with Crippen LogP contribution in [-0.2, 0) is 6.54 Å². The minimum atomic E-state index is 0.218. The summed E-state index contributed by atoms with van der Waals surface area (Å²) in [6.07, 6.45) is 4.32. The summed E-state index contributed by atoms with van der Waals surface area (Å²) >= 11 is 5.99. The summed E-state index contributed by atoms with van der Waals surface area (Å²) in [5, 5.41) is 3.89. The molecule has 2 aromatic rings. The molecule has 94 valence electrons. The fraction of sp³-hybridized carbons (Fsp3) is 0.308. The van der Waals surface area contributed by atoms with Crippen LogP contribution in [0.4, 0.5) is 0 Å². The standard InChI is InChI=1S/C13H13ClN2O2/c14-11-3-1-2-4-12(11)18-13-16-10(8-17-13)7-15-9-5-6-9/h1-4,8-9,15H,5-7H2. The molecule has 0 spiro atoms. The number of benzene rings is 1. The summed E-state index contributed by atoms with van der Waals surface area (Å²) < 4.78 is 10.7. The van der Waals surface area contributed by atoms with Gasteiger partial charge in [0.2, 0.25) is 0 Å². The third-order valence-corrected chi connectivity index (χ3v) is 3.03.